The van der Waals surface area contributed by atoms with Gasteiger partial charge in [-0.3, -0.25) is 4.79 Å². The van der Waals surface area contributed by atoms with Crippen molar-refractivity contribution in [2.45, 2.75) is 51.0 Å². The van der Waals surface area contributed by atoms with E-state index < -0.39 is 0 Å². The molecule has 120 valence electrons. The van der Waals surface area contributed by atoms with Gasteiger partial charge in [-0.2, -0.15) is 0 Å². The Morgan fingerprint density at radius 1 is 1.27 bits per heavy atom. The van der Waals surface area contributed by atoms with E-state index in [9.17, 15) is 4.79 Å². The SMILES string of the molecule is CC1(C)CC2CC(C)(CN2C(=O)CSc2ccc(Br)cc2)C1. The molecule has 1 aromatic rings. The molecule has 0 aromatic heterocycles. The predicted molar refractivity (Wildman–Crippen MR) is 96.1 cm³/mol. The number of rotatable bonds is 3. The molecule has 1 amide bonds. The van der Waals surface area contributed by atoms with Crippen molar-refractivity contribution in [2.75, 3.05) is 12.3 Å². The predicted octanol–water partition coefficient (Wildman–Crippen LogP) is 4.97. The minimum absolute atomic E-state index is 0.305. The first kappa shape index (κ1) is 16.4. The molecule has 1 aromatic carbocycles. The van der Waals surface area contributed by atoms with Gasteiger partial charge in [0.15, 0.2) is 0 Å². The molecule has 2 atom stereocenters. The summed E-state index contributed by atoms with van der Waals surface area (Å²) in [7, 11) is 0. The van der Waals surface area contributed by atoms with E-state index in [0.717, 1.165) is 22.3 Å². The number of amides is 1. The van der Waals surface area contributed by atoms with Gasteiger partial charge in [0, 0.05) is 22.0 Å². The molecular weight excluding hydrogens is 358 g/mol. The van der Waals surface area contributed by atoms with Crippen molar-refractivity contribution in [1.82, 2.24) is 4.90 Å². The Kier molecular flexibility index (Phi) is 4.36. The summed E-state index contributed by atoms with van der Waals surface area (Å²) in [5, 5.41) is 0. The van der Waals surface area contributed by atoms with Crippen LogP contribution in [0.4, 0.5) is 0 Å². The monoisotopic (exact) mass is 381 g/mol. The largest absolute Gasteiger partial charge is 0.338 e. The molecule has 1 saturated heterocycles. The molecule has 1 aliphatic carbocycles. The summed E-state index contributed by atoms with van der Waals surface area (Å²) in [5.74, 6) is 0.855. The van der Waals surface area contributed by atoms with Crippen LogP contribution in [0.5, 0.6) is 0 Å². The first-order valence-corrected chi connectivity index (χ1v) is 9.72. The molecule has 2 nitrogen and oxygen atoms in total. The maximum Gasteiger partial charge on any atom is 0.233 e. The Balaban J connectivity index is 1.62. The molecule has 0 spiro atoms. The van der Waals surface area contributed by atoms with Gasteiger partial charge in [-0.25, -0.2) is 0 Å². The van der Waals surface area contributed by atoms with E-state index in [-0.39, 0.29) is 0 Å². The number of benzene rings is 1. The molecule has 2 aliphatic rings. The first-order chi connectivity index (χ1) is 10.3. The van der Waals surface area contributed by atoms with E-state index in [1.165, 1.54) is 12.8 Å². The fourth-order valence-electron chi connectivity index (χ4n) is 4.51. The van der Waals surface area contributed by atoms with Crippen LogP contribution in [0.15, 0.2) is 33.6 Å². The maximum absolute atomic E-state index is 12.7. The summed E-state index contributed by atoms with van der Waals surface area (Å²) < 4.78 is 1.08. The summed E-state index contributed by atoms with van der Waals surface area (Å²) in [4.78, 5) is 16.0. The van der Waals surface area contributed by atoms with Gasteiger partial charge in [-0.05, 0) is 54.4 Å². The molecule has 3 rings (SSSR count). The third-order valence-electron chi connectivity index (χ3n) is 4.91. The number of carbonyl (C=O) groups excluding carboxylic acids is 1. The van der Waals surface area contributed by atoms with Gasteiger partial charge >= 0.3 is 0 Å². The van der Waals surface area contributed by atoms with Gasteiger partial charge in [-0.15, -0.1) is 11.8 Å². The normalized spacial score (nSPS) is 29.6. The van der Waals surface area contributed by atoms with Gasteiger partial charge in [0.25, 0.3) is 0 Å². The Hall–Kier alpha value is -0.480. The van der Waals surface area contributed by atoms with Crippen molar-refractivity contribution in [3.63, 3.8) is 0 Å². The fraction of sp³-hybridized carbons (Fsp3) is 0.611. The minimum atomic E-state index is 0.305. The van der Waals surface area contributed by atoms with Crippen molar-refractivity contribution in [1.29, 1.82) is 0 Å². The lowest BCUT2D eigenvalue weighted by Crippen LogP contribution is -2.38. The number of thioether (sulfide) groups is 1. The van der Waals surface area contributed by atoms with Gasteiger partial charge in [-0.1, -0.05) is 36.7 Å². The standard InChI is InChI=1S/C18H24BrNOS/c1-17(2)8-14-9-18(3,11-17)12-20(14)16(21)10-22-15-6-4-13(19)5-7-15/h4-7,14H,8-12H2,1-3H3. The summed E-state index contributed by atoms with van der Waals surface area (Å²) in [5.41, 5.74) is 0.690. The summed E-state index contributed by atoms with van der Waals surface area (Å²) in [6.07, 6.45) is 3.57. The fourth-order valence-corrected chi connectivity index (χ4v) is 5.56. The Labute approximate surface area is 146 Å². The number of halogens is 1. The number of fused-ring (bicyclic) bond motifs is 2. The molecule has 1 heterocycles. The smallest absolute Gasteiger partial charge is 0.233 e. The van der Waals surface area contributed by atoms with Crippen LogP contribution >= 0.6 is 27.7 Å². The second-order valence-electron chi connectivity index (χ2n) is 7.98. The lowest BCUT2D eigenvalue weighted by Gasteiger charge is -2.39. The molecule has 2 unspecified atom stereocenters. The lowest BCUT2D eigenvalue weighted by atomic mass is 9.65. The molecule has 1 saturated carbocycles. The number of hydrogen-bond donors (Lipinski definition) is 0. The molecule has 2 fully saturated rings. The lowest BCUT2D eigenvalue weighted by molar-refractivity contribution is -0.129. The van der Waals surface area contributed by atoms with Crippen LogP contribution in [0.2, 0.25) is 0 Å². The summed E-state index contributed by atoms with van der Waals surface area (Å²) >= 11 is 5.09. The van der Waals surface area contributed by atoms with Gasteiger partial charge in [0.05, 0.1) is 5.75 Å². The third kappa shape index (κ3) is 3.53. The van der Waals surface area contributed by atoms with Crippen molar-refractivity contribution >= 4 is 33.6 Å². The molecule has 0 N–H and O–H groups in total. The van der Waals surface area contributed by atoms with Crippen LogP contribution in [0.25, 0.3) is 0 Å². The van der Waals surface area contributed by atoms with E-state index in [1.54, 1.807) is 11.8 Å². The maximum atomic E-state index is 12.7. The molecular formula is C18H24BrNOS. The van der Waals surface area contributed by atoms with E-state index in [1.807, 2.05) is 12.1 Å². The quantitative estimate of drug-likeness (QED) is 0.688. The molecule has 0 radical (unpaired) electrons. The van der Waals surface area contributed by atoms with Crippen molar-refractivity contribution in [3.05, 3.63) is 28.7 Å². The number of hydrogen-bond acceptors (Lipinski definition) is 2. The van der Waals surface area contributed by atoms with Crippen LogP contribution in [-0.2, 0) is 4.79 Å². The van der Waals surface area contributed by atoms with Crippen molar-refractivity contribution < 1.29 is 4.79 Å². The van der Waals surface area contributed by atoms with Crippen LogP contribution in [0, 0.1) is 10.8 Å². The van der Waals surface area contributed by atoms with Crippen LogP contribution in [0.3, 0.4) is 0 Å². The second kappa shape index (κ2) is 5.86. The van der Waals surface area contributed by atoms with Crippen LogP contribution in [0.1, 0.15) is 40.0 Å². The number of nitrogens with zero attached hydrogens (tertiary/aromatic N) is 1. The average Bonchev–Trinajstić information content (AvgIpc) is 2.67. The highest BCUT2D eigenvalue weighted by Gasteiger charge is 2.50. The minimum Gasteiger partial charge on any atom is -0.338 e. The van der Waals surface area contributed by atoms with Crippen molar-refractivity contribution in [2.24, 2.45) is 10.8 Å². The zero-order valence-corrected chi connectivity index (χ0v) is 16.0. The molecule has 4 heteroatoms. The third-order valence-corrected chi connectivity index (χ3v) is 6.44. The highest BCUT2D eigenvalue weighted by atomic mass is 79.9. The van der Waals surface area contributed by atoms with E-state index in [2.05, 4.69) is 53.7 Å². The molecule has 2 bridgehead atoms. The zero-order chi connectivity index (χ0) is 16.0. The average molecular weight is 382 g/mol. The summed E-state index contributed by atoms with van der Waals surface area (Å²) in [6, 6.07) is 8.63. The molecule has 22 heavy (non-hydrogen) atoms. The first-order valence-electron chi connectivity index (χ1n) is 7.94. The van der Waals surface area contributed by atoms with E-state index in [0.29, 0.717) is 28.5 Å². The number of carbonyl (C=O) groups is 1. The topological polar surface area (TPSA) is 20.3 Å². The van der Waals surface area contributed by atoms with Gasteiger partial charge < -0.3 is 4.90 Å². The zero-order valence-electron chi connectivity index (χ0n) is 13.6. The molecule has 1 aliphatic heterocycles. The highest BCUT2D eigenvalue weighted by molar-refractivity contribution is 9.10. The van der Waals surface area contributed by atoms with E-state index in [4.69, 9.17) is 0 Å². The second-order valence-corrected chi connectivity index (χ2v) is 9.94. The van der Waals surface area contributed by atoms with E-state index >= 15 is 0 Å². The van der Waals surface area contributed by atoms with Crippen LogP contribution < -0.4 is 0 Å². The van der Waals surface area contributed by atoms with Gasteiger partial charge in [0.2, 0.25) is 5.91 Å². The highest BCUT2D eigenvalue weighted by Crippen LogP contribution is 2.52. The number of likely N-dealkylation sites (tertiary alicyclic amines) is 1. The Morgan fingerprint density at radius 3 is 2.64 bits per heavy atom. The van der Waals surface area contributed by atoms with Gasteiger partial charge in [0.1, 0.15) is 0 Å². The Morgan fingerprint density at radius 2 is 1.95 bits per heavy atom. The van der Waals surface area contributed by atoms with Crippen molar-refractivity contribution in [3.8, 4) is 0 Å². The summed E-state index contributed by atoms with van der Waals surface area (Å²) in [6.45, 7) is 8.00. The van der Waals surface area contributed by atoms with Crippen LogP contribution in [-0.4, -0.2) is 29.1 Å². The Bertz CT molecular complexity index is 571.